The van der Waals surface area contributed by atoms with Crippen LogP contribution in [-0.2, 0) is 26.4 Å². The molecule has 1 fully saturated rings. The third-order valence-electron chi connectivity index (χ3n) is 7.71. The van der Waals surface area contributed by atoms with E-state index in [0.29, 0.717) is 11.4 Å². The van der Waals surface area contributed by atoms with E-state index in [4.69, 9.17) is 0 Å². The van der Waals surface area contributed by atoms with Crippen molar-refractivity contribution >= 4 is 30.8 Å². The van der Waals surface area contributed by atoms with E-state index in [1.54, 1.807) is 30.5 Å². The summed E-state index contributed by atoms with van der Waals surface area (Å²) in [4.78, 5) is 3.05. The van der Waals surface area contributed by atoms with E-state index < -0.39 is 19.9 Å². The summed E-state index contributed by atoms with van der Waals surface area (Å²) in [6.45, 7) is 7.61. The predicted molar refractivity (Wildman–Crippen MR) is 152 cm³/mol. The minimum atomic E-state index is -3.74. The molecule has 5 rings (SSSR count). The lowest BCUT2D eigenvalue weighted by atomic mass is 9.93. The summed E-state index contributed by atoms with van der Waals surface area (Å²) in [5, 5.41) is 0.954. The van der Waals surface area contributed by atoms with Crippen LogP contribution in [-0.4, -0.2) is 38.5 Å². The van der Waals surface area contributed by atoms with Crippen LogP contribution in [0.4, 0.5) is 0 Å². The Morgan fingerprint density at radius 1 is 0.816 bits per heavy atom. The highest BCUT2D eigenvalue weighted by atomic mass is 32.2. The van der Waals surface area contributed by atoms with Crippen LogP contribution < -0.4 is 0 Å². The van der Waals surface area contributed by atoms with Crippen molar-refractivity contribution < 1.29 is 16.8 Å². The minimum absolute atomic E-state index is 0.173. The molecule has 6 nitrogen and oxygen atoms in total. The molecule has 4 aromatic rings. The minimum Gasteiger partial charge on any atom is -0.292 e. The summed E-state index contributed by atoms with van der Waals surface area (Å²) >= 11 is 0. The Balaban J connectivity index is 1.54. The van der Waals surface area contributed by atoms with Crippen molar-refractivity contribution in [2.24, 2.45) is 0 Å². The van der Waals surface area contributed by atoms with Gasteiger partial charge in [0, 0.05) is 30.4 Å². The number of aryl methyl sites for hydroxylation is 3. The molecule has 0 aliphatic carbocycles. The molecule has 0 saturated carbocycles. The predicted octanol–water partition coefficient (Wildman–Crippen LogP) is 5.93. The molecule has 0 spiro atoms. The highest BCUT2D eigenvalue weighted by molar-refractivity contribution is 7.90. The molecular formula is C30H34N2O4S2. The standard InChI is InChI=1S/C30H34N2O4S2/c1-21-8-12-26(13-9-21)38(35,36)32-18-16-27-28(22(2)19-23(3)30(27)32)20-31-17-6-5-7-29(31)24-10-14-25(15-11-24)37(4,33)34/h8-16,18-19,29H,5-7,17,20H2,1-4H3. The fourth-order valence-electron chi connectivity index (χ4n) is 5.67. The van der Waals surface area contributed by atoms with E-state index in [1.807, 2.05) is 44.2 Å². The SMILES string of the molecule is Cc1ccc(S(=O)(=O)n2ccc3c(CN4CCCCC4c4ccc(S(C)(=O)=O)cc4)c(C)cc(C)c32)cc1. The fourth-order valence-corrected chi connectivity index (χ4v) is 7.71. The maximum atomic E-state index is 13.6. The van der Waals surface area contributed by atoms with Gasteiger partial charge in [0.25, 0.3) is 10.0 Å². The number of likely N-dealkylation sites (tertiary alicyclic amines) is 1. The quantitative estimate of drug-likeness (QED) is 0.297. The van der Waals surface area contributed by atoms with Gasteiger partial charge in [-0.3, -0.25) is 4.90 Å². The molecule has 1 atom stereocenters. The molecule has 38 heavy (non-hydrogen) atoms. The first-order chi connectivity index (χ1) is 18.0. The molecule has 1 aromatic heterocycles. The van der Waals surface area contributed by atoms with Crippen molar-refractivity contribution in [1.82, 2.24) is 8.87 Å². The number of rotatable bonds is 6. The molecule has 3 aromatic carbocycles. The highest BCUT2D eigenvalue weighted by Gasteiger charge is 2.27. The molecule has 1 unspecified atom stereocenters. The van der Waals surface area contributed by atoms with Gasteiger partial charge < -0.3 is 0 Å². The second-order valence-electron chi connectivity index (χ2n) is 10.5. The smallest absolute Gasteiger partial charge is 0.268 e. The van der Waals surface area contributed by atoms with E-state index in [0.717, 1.165) is 64.5 Å². The molecule has 1 aliphatic rings. The Labute approximate surface area is 225 Å². The number of nitrogens with zero attached hydrogens (tertiary/aromatic N) is 2. The average Bonchev–Trinajstić information content (AvgIpc) is 3.33. The number of hydrogen-bond acceptors (Lipinski definition) is 5. The van der Waals surface area contributed by atoms with Gasteiger partial charge in [-0.15, -0.1) is 0 Å². The molecule has 0 amide bonds. The molecule has 2 heterocycles. The Kier molecular flexibility index (Phi) is 7.00. The first kappa shape index (κ1) is 26.7. The van der Waals surface area contributed by atoms with Gasteiger partial charge in [0.15, 0.2) is 9.84 Å². The summed E-state index contributed by atoms with van der Waals surface area (Å²) in [5.41, 5.74) is 6.03. The Morgan fingerprint density at radius 3 is 2.13 bits per heavy atom. The van der Waals surface area contributed by atoms with Gasteiger partial charge in [-0.25, -0.2) is 20.8 Å². The lowest BCUT2D eigenvalue weighted by Gasteiger charge is -2.36. The van der Waals surface area contributed by atoms with Crippen LogP contribution in [0.25, 0.3) is 10.9 Å². The normalized spacial score (nSPS) is 17.2. The summed E-state index contributed by atoms with van der Waals surface area (Å²) < 4.78 is 52.5. The molecule has 1 saturated heterocycles. The van der Waals surface area contributed by atoms with Crippen molar-refractivity contribution in [3.63, 3.8) is 0 Å². The van der Waals surface area contributed by atoms with Gasteiger partial charge in [0.2, 0.25) is 0 Å². The Bertz CT molecular complexity index is 1700. The zero-order valence-corrected chi connectivity index (χ0v) is 23.9. The fraction of sp³-hybridized carbons (Fsp3) is 0.333. The van der Waals surface area contributed by atoms with E-state index in [-0.39, 0.29) is 10.9 Å². The van der Waals surface area contributed by atoms with Gasteiger partial charge in [0.1, 0.15) is 0 Å². The maximum Gasteiger partial charge on any atom is 0.268 e. The third-order valence-corrected chi connectivity index (χ3v) is 10.5. The van der Waals surface area contributed by atoms with E-state index in [9.17, 15) is 16.8 Å². The monoisotopic (exact) mass is 550 g/mol. The summed E-state index contributed by atoms with van der Waals surface area (Å²) in [7, 11) is -6.98. The number of aromatic nitrogens is 1. The van der Waals surface area contributed by atoms with Crippen molar-refractivity contribution in [2.45, 2.75) is 62.4 Å². The summed E-state index contributed by atoms with van der Waals surface area (Å²) in [5.74, 6) is 0. The second-order valence-corrected chi connectivity index (χ2v) is 14.3. The van der Waals surface area contributed by atoms with Crippen LogP contribution in [0.1, 0.15) is 53.1 Å². The first-order valence-corrected chi connectivity index (χ1v) is 16.3. The number of piperidine rings is 1. The summed E-state index contributed by atoms with van der Waals surface area (Å²) in [6, 6.07) is 18.4. The lowest BCUT2D eigenvalue weighted by molar-refractivity contribution is 0.140. The number of benzene rings is 3. The largest absolute Gasteiger partial charge is 0.292 e. The molecule has 0 bridgehead atoms. The topological polar surface area (TPSA) is 76.5 Å². The number of fused-ring (bicyclic) bond motifs is 1. The Morgan fingerprint density at radius 2 is 1.47 bits per heavy atom. The average molecular weight is 551 g/mol. The van der Waals surface area contributed by atoms with Crippen LogP contribution in [0.2, 0.25) is 0 Å². The van der Waals surface area contributed by atoms with E-state index in [2.05, 4.69) is 17.9 Å². The molecular weight excluding hydrogens is 516 g/mol. The first-order valence-electron chi connectivity index (χ1n) is 12.9. The van der Waals surface area contributed by atoms with Crippen LogP contribution in [0.3, 0.4) is 0 Å². The van der Waals surface area contributed by atoms with Gasteiger partial charge in [-0.2, -0.15) is 0 Å². The number of sulfone groups is 1. The van der Waals surface area contributed by atoms with Crippen LogP contribution in [0, 0.1) is 20.8 Å². The van der Waals surface area contributed by atoms with Gasteiger partial charge in [-0.05, 0) is 92.7 Å². The van der Waals surface area contributed by atoms with Crippen molar-refractivity contribution in [3.8, 4) is 0 Å². The van der Waals surface area contributed by atoms with Crippen molar-refractivity contribution in [2.75, 3.05) is 12.8 Å². The second kappa shape index (κ2) is 9.98. The molecule has 0 radical (unpaired) electrons. The van der Waals surface area contributed by atoms with Crippen LogP contribution >= 0.6 is 0 Å². The zero-order chi connectivity index (χ0) is 27.2. The Hall–Kier alpha value is -2.94. The van der Waals surface area contributed by atoms with Crippen LogP contribution in [0.5, 0.6) is 0 Å². The van der Waals surface area contributed by atoms with Gasteiger partial charge in [0.05, 0.1) is 15.3 Å². The van der Waals surface area contributed by atoms with Crippen molar-refractivity contribution in [1.29, 1.82) is 0 Å². The van der Waals surface area contributed by atoms with E-state index >= 15 is 0 Å². The third kappa shape index (κ3) is 4.93. The molecule has 1 aliphatic heterocycles. The van der Waals surface area contributed by atoms with Gasteiger partial charge >= 0.3 is 0 Å². The molecule has 8 heteroatoms. The van der Waals surface area contributed by atoms with E-state index in [1.165, 1.54) is 10.2 Å². The summed E-state index contributed by atoms with van der Waals surface area (Å²) in [6.07, 6.45) is 6.10. The zero-order valence-electron chi connectivity index (χ0n) is 22.3. The number of hydrogen-bond donors (Lipinski definition) is 0. The van der Waals surface area contributed by atoms with Gasteiger partial charge in [-0.1, -0.05) is 42.3 Å². The molecule has 0 N–H and O–H groups in total. The van der Waals surface area contributed by atoms with Crippen LogP contribution in [0.15, 0.2) is 76.7 Å². The highest BCUT2D eigenvalue weighted by Crippen LogP contribution is 2.36. The molecule has 200 valence electrons. The maximum absolute atomic E-state index is 13.6. The van der Waals surface area contributed by atoms with Crippen molar-refractivity contribution in [3.05, 3.63) is 94.7 Å². The lowest BCUT2D eigenvalue weighted by Crippen LogP contribution is -2.33.